The van der Waals surface area contributed by atoms with Crippen LogP contribution >= 0.6 is 11.6 Å². The van der Waals surface area contributed by atoms with Gasteiger partial charge < -0.3 is 19.3 Å². The van der Waals surface area contributed by atoms with E-state index in [1.54, 1.807) is 11.0 Å². The minimum absolute atomic E-state index is 0.0878. The van der Waals surface area contributed by atoms with Crippen LogP contribution in [0.1, 0.15) is 18.4 Å². The molecule has 0 aliphatic carbocycles. The van der Waals surface area contributed by atoms with E-state index < -0.39 is 44.1 Å². The molecule has 0 saturated carbocycles. The van der Waals surface area contributed by atoms with Crippen molar-refractivity contribution in [2.45, 2.75) is 30.3 Å². The summed E-state index contributed by atoms with van der Waals surface area (Å²) in [5.41, 5.74) is 0.403. The van der Waals surface area contributed by atoms with Gasteiger partial charge in [0, 0.05) is 42.7 Å². The van der Waals surface area contributed by atoms with Crippen molar-refractivity contribution >= 4 is 33.1 Å². The minimum Gasteiger partial charge on any atom is -0.497 e. The first-order chi connectivity index (χ1) is 19.5. The molecule has 1 atom stereocenters. The molecule has 0 N–H and O–H groups in total. The van der Waals surface area contributed by atoms with Crippen LogP contribution in [0.15, 0.2) is 47.4 Å². The van der Waals surface area contributed by atoms with Gasteiger partial charge in [0.2, 0.25) is 5.95 Å². The number of hydrogen-bond acceptors (Lipinski definition) is 7. The third kappa shape index (κ3) is 5.52. The van der Waals surface area contributed by atoms with Gasteiger partial charge in [0.25, 0.3) is 10.0 Å². The third-order valence-electron chi connectivity index (χ3n) is 7.78. The standard InChI is InChI=1S/C28H30ClF3N4O4S/c1-34-11-5-6-21(34)18-14-35(15-18)22-13-20(30)28(27(32)26(22)29)41(37,38)36(25-8-4-7-24(31)33-25)16-17-9-10-19(39-2)12-23(17)40-3/h4,7-10,12-13,18,21H,5-6,11,14-16H2,1-3H3. The van der Waals surface area contributed by atoms with Crippen LogP contribution in [0.5, 0.6) is 11.5 Å². The molecule has 0 bridgehead atoms. The lowest BCUT2D eigenvalue weighted by Crippen LogP contribution is -2.54. The first-order valence-electron chi connectivity index (χ1n) is 13.0. The summed E-state index contributed by atoms with van der Waals surface area (Å²) in [4.78, 5) is 6.46. The molecule has 0 spiro atoms. The van der Waals surface area contributed by atoms with Gasteiger partial charge in [-0.25, -0.2) is 26.5 Å². The Balaban J connectivity index is 1.52. The number of anilines is 2. The first-order valence-corrected chi connectivity index (χ1v) is 14.9. The summed E-state index contributed by atoms with van der Waals surface area (Å²) in [6, 6.07) is 9.45. The Bertz CT molecular complexity index is 1560. The zero-order valence-corrected chi connectivity index (χ0v) is 24.4. The average Bonchev–Trinajstić information content (AvgIpc) is 3.34. The molecule has 5 rings (SSSR count). The largest absolute Gasteiger partial charge is 0.497 e. The maximum absolute atomic E-state index is 15.8. The predicted octanol–water partition coefficient (Wildman–Crippen LogP) is 5.10. The smallest absolute Gasteiger partial charge is 0.271 e. The number of hydrogen-bond donors (Lipinski definition) is 0. The summed E-state index contributed by atoms with van der Waals surface area (Å²) >= 11 is 6.35. The van der Waals surface area contributed by atoms with Crippen LogP contribution in [0.4, 0.5) is 24.7 Å². The van der Waals surface area contributed by atoms with Crippen molar-refractivity contribution in [2.24, 2.45) is 5.92 Å². The number of methoxy groups -OCH3 is 2. The van der Waals surface area contributed by atoms with E-state index >= 15 is 8.78 Å². The predicted molar refractivity (Wildman–Crippen MR) is 150 cm³/mol. The van der Waals surface area contributed by atoms with Crippen molar-refractivity contribution < 1.29 is 31.1 Å². The Morgan fingerprint density at radius 3 is 2.49 bits per heavy atom. The van der Waals surface area contributed by atoms with Gasteiger partial charge in [0.1, 0.15) is 28.2 Å². The highest BCUT2D eigenvalue weighted by Crippen LogP contribution is 2.41. The first kappa shape index (κ1) is 29.3. The number of sulfonamides is 1. The van der Waals surface area contributed by atoms with Crippen molar-refractivity contribution in [3.8, 4) is 11.5 Å². The fraction of sp³-hybridized carbons (Fsp3) is 0.393. The van der Waals surface area contributed by atoms with Crippen molar-refractivity contribution in [1.29, 1.82) is 0 Å². The van der Waals surface area contributed by atoms with E-state index in [1.807, 2.05) is 0 Å². The van der Waals surface area contributed by atoms with E-state index in [9.17, 15) is 12.8 Å². The summed E-state index contributed by atoms with van der Waals surface area (Å²) < 4.78 is 84.6. The number of halogens is 4. The molecule has 3 aromatic rings. The van der Waals surface area contributed by atoms with E-state index in [0.717, 1.165) is 31.5 Å². The van der Waals surface area contributed by atoms with Gasteiger partial charge in [-0.2, -0.15) is 4.39 Å². The normalized spacial score (nSPS) is 17.9. The lowest BCUT2D eigenvalue weighted by Gasteiger charge is -2.46. The molecule has 0 radical (unpaired) electrons. The number of rotatable bonds is 9. The van der Waals surface area contributed by atoms with Crippen LogP contribution in [-0.2, 0) is 16.6 Å². The molecule has 3 heterocycles. The van der Waals surface area contributed by atoms with Gasteiger partial charge in [-0.05, 0) is 50.7 Å². The van der Waals surface area contributed by atoms with Crippen LogP contribution in [0.3, 0.4) is 0 Å². The monoisotopic (exact) mass is 610 g/mol. The minimum atomic E-state index is -5.00. The highest BCUT2D eigenvalue weighted by Gasteiger charge is 2.41. The zero-order chi connectivity index (χ0) is 29.5. The molecule has 1 unspecified atom stereocenters. The second kappa shape index (κ2) is 11.6. The van der Waals surface area contributed by atoms with Crippen molar-refractivity contribution in [1.82, 2.24) is 9.88 Å². The molecular formula is C28H30ClF3N4O4S. The molecule has 13 heteroatoms. The van der Waals surface area contributed by atoms with Gasteiger partial charge in [-0.3, -0.25) is 0 Å². The lowest BCUT2D eigenvalue weighted by molar-refractivity contribution is 0.196. The Morgan fingerprint density at radius 1 is 1.10 bits per heavy atom. The van der Waals surface area contributed by atoms with E-state index in [4.69, 9.17) is 21.1 Å². The average molecular weight is 611 g/mol. The molecule has 2 aliphatic heterocycles. The summed E-state index contributed by atoms with van der Waals surface area (Å²) in [5.74, 6) is -3.08. The van der Waals surface area contributed by atoms with Crippen LogP contribution in [0.2, 0.25) is 5.02 Å². The van der Waals surface area contributed by atoms with Crippen LogP contribution in [0.25, 0.3) is 0 Å². The molecule has 2 saturated heterocycles. The quantitative estimate of drug-likeness (QED) is 0.247. The van der Waals surface area contributed by atoms with Gasteiger partial charge in [-0.15, -0.1) is 0 Å². The molecule has 2 aliphatic rings. The number of likely N-dealkylation sites (tertiary alicyclic amines) is 1. The molecule has 220 valence electrons. The fourth-order valence-electron chi connectivity index (χ4n) is 5.59. The van der Waals surface area contributed by atoms with Crippen molar-refractivity contribution in [3.63, 3.8) is 0 Å². The van der Waals surface area contributed by atoms with E-state index in [-0.39, 0.29) is 17.3 Å². The van der Waals surface area contributed by atoms with Gasteiger partial charge in [-0.1, -0.05) is 17.7 Å². The number of pyridine rings is 1. The van der Waals surface area contributed by atoms with Gasteiger partial charge in [0.05, 0.1) is 26.5 Å². The lowest BCUT2D eigenvalue weighted by atomic mass is 9.89. The Kier molecular flexibility index (Phi) is 8.27. The van der Waals surface area contributed by atoms with Crippen LogP contribution in [0, 0.1) is 23.5 Å². The topological polar surface area (TPSA) is 75.2 Å². The molecule has 0 amide bonds. The van der Waals surface area contributed by atoms with Crippen molar-refractivity contribution in [3.05, 3.63) is 70.6 Å². The summed E-state index contributed by atoms with van der Waals surface area (Å²) in [5, 5.41) is -0.502. The SMILES string of the molecule is COc1ccc(CN(c2cccc(F)n2)S(=O)(=O)c2c(F)cc(N3CC(C4CCCN4C)C3)c(Cl)c2F)c(OC)c1. The Labute approximate surface area is 242 Å². The van der Waals surface area contributed by atoms with Crippen LogP contribution < -0.4 is 18.7 Å². The zero-order valence-electron chi connectivity index (χ0n) is 22.8. The highest BCUT2D eigenvalue weighted by molar-refractivity contribution is 7.92. The second-order valence-corrected chi connectivity index (χ2v) is 12.4. The number of ether oxygens (including phenoxy) is 2. The molecule has 8 nitrogen and oxygen atoms in total. The summed E-state index contributed by atoms with van der Waals surface area (Å²) in [6.45, 7) is 1.64. The highest BCUT2D eigenvalue weighted by atomic mass is 35.5. The number of aromatic nitrogens is 1. The summed E-state index contributed by atoms with van der Waals surface area (Å²) in [6.07, 6.45) is 2.17. The molecule has 2 fully saturated rings. The van der Waals surface area contributed by atoms with Crippen LogP contribution in [-0.4, -0.2) is 65.2 Å². The van der Waals surface area contributed by atoms with E-state index in [1.165, 1.54) is 38.5 Å². The molecule has 2 aromatic carbocycles. The number of benzene rings is 2. The molecule has 41 heavy (non-hydrogen) atoms. The van der Waals surface area contributed by atoms with Crippen molar-refractivity contribution in [2.75, 3.05) is 50.1 Å². The summed E-state index contributed by atoms with van der Waals surface area (Å²) in [7, 11) is -0.107. The Hall–Kier alpha value is -3.22. The fourth-order valence-corrected chi connectivity index (χ4v) is 7.43. The van der Waals surface area contributed by atoms with E-state index in [0.29, 0.717) is 40.7 Å². The second-order valence-electron chi connectivity index (χ2n) is 10.2. The maximum Gasteiger partial charge on any atom is 0.271 e. The van der Waals surface area contributed by atoms with E-state index in [2.05, 4.69) is 16.9 Å². The number of nitrogens with zero attached hydrogens (tertiary/aromatic N) is 4. The molecule has 1 aromatic heterocycles. The molecular weight excluding hydrogens is 581 g/mol. The third-order valence-corrected chi connectivity index (χ3v) is 9.93. The van der Waals surface area contributed by atoms with Gasteiger partial charge in [0.15, 0.2) is 10.7 Å². The van der Waals surface area contributed by atoms with Gasteiger partial charge >= 0.3 is 0 Å². The Morgan fingerprint density at radius 2 is 1.85 bits per heavy atom. The maximum atomic E-state index is 15.8.